The molecule has 2 heterocycles. The maximum Gasteiger partial charge on any atom is 0.266 e. The lowest BCUT2D eigenvalue weighted by molar-refractivity contribution is -0.145. The van der Waals surface area contributed by atoms with E-state index in [0.29, 0.717) is 18.7 Å². The predicted octanol–water partition coefficient (Wildman–Crippen LogP) is 2.86. The fraction of sp³-hybridized carbons (Fsp3) is 0.435. The van der Waals surface area contributed by atoms with Crippen molar-refractivity contribution in [2.24, 2.45) is 5.92 Å². The second-order valence-electron chi connectivity index (χ2n) is 8.23. The number of amides is 3. The molecule has 3 rings (SSSR count). The van der Waals surface area contributed by atoms with E-state index in [0.717, 1.165) is 11.1 Å². The highest BCUT2D eigenvalue weighted by Gasteiger charge is 2.47. The van der Waals surface area contributed by atoms with Gasteiger partial charge in [0.15, 0.2) is 0 Å². The minimum atomic E-state index is -0.874. The lowest BCUT2D eigenvalue weighted by Gasteiger charge is -2.32. The smallest absolute Gasteiger partial charge is 0.266 e. The van der Waals surface area contributed by atoms with Gasteiger partial charge < -0.3 is 19.4 Å². The summed E-state index contributed by atoms with van der Waals surface area (Å²) in [6.07, 6.45) is 3.40. The van der Waals surface area contributed by atoms with Crippen molar-refractivity contribution in [1.82, 2.24) is 15.7 Å². The SMILES string of the molecule is COc1ccc(C2SC(CC(=O)NCc3ccoc3)C(=O)N2C(CC(C)C)C(=O)NO)cc1. The summed E-state index contributed by atoms with van der Waals surface area (Å²) in [5, 5.41) is 11.0. The Morgan fingerprint density at radius 2 is 1.97 bits per heavy atom. The molecule has 1 fully saturated rings. The first kappa shape index (κ1) is 24.7. The summed E-state index contributed by atoms with van der Waals surface area (Å²) in [5.41, 5.74) is 3.32. The first-order valence-corrected chi connectivity index (χ1v) is 11.6. The zero-order valence-corrected chi connectivity index (χ0v) is 19.6. The van der Waals surface area contributed by atoms with Gasteiger partial charge in [-0.1, -0.05) is 26.0 Å². The highest BCUT2D eigenvalue weighted by molar-refractivity contribution is 8.01. The zero-order chi connectivity index (χ0) is 24.0. The molecule has 0 aliphatic carbocycles. The Morgan fingerprint density at radius 3 is 2.55 bits per heavy atom. The molecular formula is C23H29N3O6S. The molecular weight excluding hydrogens is 446 g/mol. The number of hydrogen-bond donors (Lipinski definition) is 3. The van der Waals surface area contributed by atoms with Crippen LogP contribution in [0.15, 0.2) is 47.3 Å². The summed E-state index contributed by atoms with van der Waals surface area (Å²) in [5.74, 6) is -0.472. The Kier molecular flexibility index (Phi) is 8.40. The maximum atomic E-state index is 13.4. The van der Waals surface area contributed by atoms with Gasteiger partial charge in [0.05, 0.1) is 24.9 Å². The summed E-state index contributed by atoms with van der Waals surface area (Å²) < 4.78 is 10.2. The number of rotatable bonds is 10. The number of methoxy groups -OCH3 is 1. The van der Waals surface area contributed by atoms with Crippen molar-refractivity contribution in [2.45, 2.75) is 49.9 Å². The second-order valence-corrected chi connectivity index (χ2v) is 9.52. The van der Waals surface area contributed by atoms with Crippen molar-refractivity contribution in [3.63, 3.8) is 0 Å². The molecule has 1 aromatic carbocycles. The Morgan fingerprint density at radius 1 is 1.24 bits per heavy atom. The first-order chi connectivity index (χ1) is 15.8. The third kappa shape index (κ3) is 6.08. The molecule has 1 aliphatic rings. The van der Waals surface area contributed by atoms with Crippen LogP contribution < -0.4 is 15.5 Å². The molecule has 0 spiro atoms. The number of benzene rings is 1. The fourth-order valence-corrected chi connectivity index (χ4v) is 5.22. The highest BCUT2D eigenvalue weighted by atomic mass is 32.2. The minimum absolute atomic E-state index is 0.0281. The van der Waals surface area contributed by atoms with E-state index in [1.165, 1.54) is 22.9 Å². The highest BCUT2D eigenvalue weighted by Crippen LogP contribution is 2.46. The van der Waals surface area contributed by atoms with E-state index >= 15 is 0 Å². The average Bonchev–Trinajstić information content (AvgIpc) is 3.44. The van der Waals surface area contributed by atoms with Gasteiger partial charge in [0.1, 0.15) is 17.2 Å². The lowest BCUT2D eigenvalue weighted by Crippen LogP contribution is -2.49. The van der Waals surface area contributed by atoms with E-state index < -0.39 is 22.6 Å². The van der Waals surface area contributed by atoms with Gasteiger partial charge in [0, 0.05) is 18.5 Å². The van der Waals surface area contributed by atoms with Gasteiger partial charge >= 0.3 is 0 Å². The first-order valence-electron chi connectivity index (χ1n) is 10.7. The van der Waals surface area contributed by atoms with Gasteiger partial charge in [-0.05, 0) is 36.1 Å². The average molecular weight is 476 g/mol. The third-order valence-electron chi connectivity index (χ3n) is 5.36. The molecule has 1 aliphatic heterocycles. The summed E-state index contributed by atoms with van der Waals surface area (Å²) in [6, 6.07) is 8.12. The van der Waals surface area contributed by atoms with Crippen LogP contribution in [0.4, 0.5) is 0 Å². The number of nitrogens with one attached hydrogen (secondary N) is 2. The van der Waals surface area contributed by atoms with Crippen LogP contribution in [-0.2, 0) is 20.9 Å². The van der Waals surface area contributed by atoms with Crippen LogP contribution in [0.1, 0.15) is 43.2 Å². The number of hydrogen-bond acceptors (Lipinski definition) is 7. The predicted molar refractivity (Wildman–Crippen MR) is 122 cm³/mol. The van der Waals surface area contributed by atoms with E-state index in [2.05, 4.69) is 5.32 Å². The van der Waals surface area contributed by atoms with Crippen LogP contribution >= 0.6 is 11.8 Å². The number of carbonyl (C=O) groups excluding carboxylic acids is 3. The summed E-state index contributed by atoms with van der Waals surface area (Å²) in [6.45, 7) is 4.18. The van der Waals surface area contributed by atoms with Crippen LogP contribution in [-0.4, -0.2) is 46.2 Å². The Labute approximate surface area is 196 Å². The molecule has 33 heavy (non-hydrogen) atoms. The molecule has 3 amide bonds. The lowest BCUT2D eigenvalue weighted by atomic mass is 10.00. The van der Waals surface area contributed by atoms with Gasteiger partial charge in [0.2, 0.25) is 11.8 Å². The molecule has 1 saturated heterocycles. The number of carbonyl (C=O) groups is 3. The zero-order valence-electron chi connectivity index (χ0n) is 18.8. The van der Waals surface area contributed by atoms with E-state index in [9.17, 15) is 19.6 Å². The molecule has 0 bridgehead atoms. The van der Waals surface area contributed by atoms with Gasteiger partial charge in [-0.2, -0.15) is 0 Å². The number of furan rings is 1. The topological polar surface area (TPSA) is 121 Å². The molecule has 9 nitrogen and oxygen atoms in total. The number of hydroxylamine groups is 1. The van der Waals surface area contributed by atoms with E-state index in [1.807, 2.05) is 26.0 Å². The Balaban J connectivity index is 1.83. The molecule has 0 saturated carbocycles. The number of ether oxygens (including phenoxy) is 1. The maximum absolute atomic E-state index is 13.4. The van der Waals surface area contributed by atoms with E-state index in [1.54, 1.807) is 37.1 Å². The normalized spacial score (nSPS) is 18.9. The standard InChI is InChI=1S/C23H29N3O6S/c1-14(2)10-18(21(28)25-30)26-22(29)19(11-20(27)24-12-15-8-9-32-13-15)33-23(26)16-4-6-17(31-3)7-5-16/h4-9,13-14,18-19,23,30H,10-12H2,1-3H3,(H,24,27)(H,25,28). The van der Waals surface area contributed by atoms with E-state index in [4.69, 9.17) is 9.15 Å². The van der Waals surface area contributed by atoms with Crippen molar-refractivity contribution in [1.29, 1.82) is 0 Å². The Bertz CT molecular complexity index is 948. The number of nitrogens with zero attached hydrogens (tertiary/aromatic N) is 1. The number of thioether (sulfide) groups is 1. The quantitative estimate of drug-likeness (QED) is 0.357. The van der Waals surface area contributed by atoms with Crippen LogP contribution in [0.25, 0.3) is 0 Å². The molecule has 178 valence electrons. The van der Waals surface area contributed by atoms with Crippen molar-refractivity contribution < 1.29 is 28.7 Å². The molecule has 1 aromatic heterocycles. The van der Waals surface area contributed by atoms with Crippen LogP contribution in [0.3, 0.4) is 0 Å². The largest absolute Gasteiger partial charge is 0.497 e. The summed E-state index contributed by atoms with van der Waals surface area (Å²) >= 11 is 1.32. The molecule has 3 atom stereocenters. The minimum Gasteiger partial charge on any atom is -0.497 e. The molecule has 10 heteroatoms. The monoisotopic (exact) mass is 475 g/mol. The molecule has 3 unspecified atom stereocenters. The van der Waals surface area contributed by atoms with Gasteiger partial charge in [-0.3, -0.25) is 19.6 Å². The Hall–Kier alpha value is -2.98. The van der Waals surface area contributed by atoms with Gasteiger partial charge in [0.25, 0.3) is 5.91 Å². The van der Waals surface area contributed by atoms with Crippen molar-refractivity contribution in [3.05, 3.63) is 54.0 Å². The van der Waals surface area contributed by atoms with Crippen molar-refractivity contribution in [2.75, 3.05) is 7.11 Å². The van der Waals surface area contributed by atoms with Crippen molar-refractivity contribution in [3.8, 4) is 5.75 Å². The summed E-state index contributed by atoms with van der Waals surface area (Å²) in [7, 11) is 1.57. The fourth-order valence-electron chi connectivity index (χ4n) is 3.72. The van der Waals surface area contributed by atoms with Crippen molar-refractivity contribution >= 4 is 29.5 Å². The van der Waals surface area contributed by atoms with Crippen LogP contribution in [0.5, 0.6) is 5.75 Å². The van der Waals surface area contributed by atoms with Crippen LogP contribution in [0, 0.1) is 5.92 Å². The summed E-state index contributed by atoms with van der Waals surface area (Å²) in [4.78, 5) is 40.0. The van der Waals surface area contributed by atoms with Gasteiger partial charge in [-0.15, -0.1) is 11.8 Å². The van der Waals surface area contributed by atoms with Crippen LogP contribution in [0.2, 0.25) is 0 Å². The second kappa shape index (κ2) is 11.2. The third-order valence-corrected chi connectivity index (χ3v) is 6.81. The molecule has 2 aromatic rings. The van der Waals surface area contributed by atoms with Gasteiger partial charge in [-0.25, -0.2) is 5.48 Å². The van der Waals surface area contributed by atoms with E-state index in [-0.39, 0.29) is 24.2 Å². The molecule has 0 radical (unpaired) electrons. The molecule has 3 N–H and O–H groups in total.